The molecule has 0 aliphatic heterocycles. The maximum absolute atomic E-state index is 11.0. The van der Waals surface area contributed by atoms with Crippen molar-refractivity contribution in [2.24, 2.45) is 0 Å². The lowest BCUT2D eigenvalue weighted by Crippen LogP contribution is -2.50. The van der Waals surface area contributed by atoms with E-state index in [4.69, 9.17) is 4.74 Å². The normalized spacial score (nSPS) is 20.3. The molecule has 106 valence electrons. The smallest absolute Gasteiger partial charge is 0.124 e. The van der Waals surface area contributed by atoms with Crippen molar-refractivity contribution in [1.82, 2.24) is 4.90 Å². The fourth-order valence-corrected chi connectivity index (χ4v) is 3.31. The Kier molecular flexibility index (Phi) is 4.48. The van der Waals surface area contributed by atoms with Gasteiger partial charge in [0.1, 0.15) is 11.9 Å². The van der Waals surface area contributed by atoms with Crippen LogP contribution in [0.5, 0.6) is 5.75 Å². The van der Waals surface area contributed by atoms with Gasteiger partial charge in [0.05, 0.1) is 12.6 Å². The number of rotatable bonds is 4. The lowest BCUT2D eigenvalue weighted by molar-refractivity contribution is -0.0345. The minimum absolute atomic E-state index is 0.160. The number of aliphatic hydroxyl groups is 1. The molecule has 0 radical (unpaired) electrons. The molecule has 0 aromatic heterocycles. The highest BCUT2D eigenvalue weighted by Gasteiger charge is 2.42. The lowest BCUT2D eigenvalue weighted by atomic mass is 9.74. The van der Waals surface area contributed by atoms with Gasteiger partial charge in [-0.1, -0.05) is 37.5 Å². The second-order valence-electron chi connectivity index (χ2n) is 5.70. The van der Waals surface area contributed by atoms with Crippen molar-refractivity contribution in [3.05, 3.63) is 29.8 Å². The van der Waals surface area contributed by atoms with Gasteiger partial charge in [-0.05, 0) is 33.0 Å². The van der Waals surface area contributed by atoms with Crippen LogP contribution in [0.25, 0.3) is 0 Å². The van der Waals surface area contributed by atoms with Gasteiger partial charge in [0, 0.05) is 5.56 Å². The fraction of sp³-hybridized carbons (Fsp3) is 0.625. The number of methoxy groups -OCH3 is 1. The Balaban J connectivity index is 2.36. The van der Waals surface area contributed by atoms with E-state index in [0.717, 1.165) is 24.2 Å². The average molecular weight is 263 g/mol. The summed E-state index contributed by atoms with van der Waals surface area (Å²) in [5.41, 5.74) is 0.743. The zero-order valence-electron chi connectivity index (χ0n) is 12.2. The lowest BCUT2D eigenvalue weighted by Gasteiger charge is -2.46. The Bertz CT molecular complexity index is 411. The second-order valence-corrected chi connectivity index (χ2v) is 5.70. The van der Waals surface area contributed by atoms with E-state index in [0.29, 0.717) is 0 Å². The number of aliphatic hydroxyl groups excluding tert-OH is 1. The van der Waals surface area contributed by atoms with E-state index in [9.17, 15) is 5.11 Å². The van der Waals surface area contributed by atoms with Gasteiger partial charge in [-0.25, -0.2) is 0 Å². The molecule has 0 saturated heterocycles. The van der Waals surface area contributed by atoms with Crippen molar-refractivity contribution in [1.29, 1.82) is 0 Å². The topological polar surface area (TPSA) is 32.7 Å². The van der Waals surface area contributed by atoms with E-state index >= 15 is 0 Å². The predicted molar refractivity (Wildman–Crippen MR) is 77.5 cm³/mol. The highest BCUT2D eigenvalue weighted by Crippen LogP contribution is 2.43. The standard InChI is InChI=1S/C16H25NO2/c1-17(2)16(11-7-4-8-12-16)15(18)13-9-5-6-10-14(13)19-3/h5-6,9-10,15,18H,4,7-8,11-12H2,1-3H3. The summed E-state index contributed by atoms with van der Waals surface area (Å²) in [4.78, 5) is 2.20. The Hall–Kier alpha value is -1.06. The zero-order valence-corrected chi connectivity index (χ0v) is 12.2. The molecule has 1 aromatic rings. The van der Waals surface area contributed by atoms with E-state index in [2.05, 4.69) is 19.0 Å². The third kappa shape index (κ3) is 2.63. The Labute approximate surface area is 116 Å². The Morgan fingerprint density at radius 1 is 1.16 bits per heavy atom. The SMILES string of the molecule is COc1ccccc1C(O)C1(N(C)C)CCCCC1. The number of nitrogens with zero attached hydrogens (tertiary/aromatic N) is 1. The van der Waals surface area contributed by atoms with Gasteiger partial charge in [-0.2, -0.15) is 0 Å². The van der Waals surface area contributed by atoms with Crippen LogP contribution in [0.15, 0.2) is 24.3 Å². The molecule has 3 nitrogen and oxygen atoms in total. The van der Waals surface area contributed by atoms with Gasteiger partial charge in [-0.15, -0.1) is 0 Å². The molecule has 3 heteroatoms. The predicted octanol–water partition coefficient (Wildman–Crippen LogP) is 2.99. The average Bonchev–Trinajstić information content (AvgIpc) is 2.47. The summed E-state index contributed by atoms with van der Waals surface area (Å²) in [6.07, 6.45) is 5.22. The van der Waals surface area contributed by atoms with Gasteiger partial charge >= 0.3 is 0 Å². The molecule has 1 aliphatic rings. The summed E-state index contributed by atoms with van der Waals surface area (Å²) < 4.78 is 5.40. The molecular formula is C16H25NO2. The molecule has 1 unspecified atom stereocenters. The summed E-state index contributed by atoms with van der Waals surface area (Å²) in [6.45, 7) is 0. The maximum atomic E-state index is 11.0. The van der Waals surface area contributed by atoms with Crippen LogP contribution in [0, 0.1) is 0 Å². The molecule has 1 saturated carbocycles. The summed E-state index contributed by atoms with van der Waals surface area (Å²) in [5.74, 6) is 0.779. The molecule has 1 atom stereocenters. The van der Waals surface area contributed by atoms with Crippen molar-refractivity contribution in [3.8, 4) is 5.75 Å². The van der Waals surface area contributed by atoms with Crippen molar-refractivity contribution in [3.63, 3.8) is 0 Å². The quantitative estimate of drug-likeness (QED) is 0.906. The van der Waals surface area contributed by atoms with E-state index in [1.807, 2.05) is 24.3 Å². The van der Waals surface area contributed by atoms with Gasteiger partial charge in [-0.3, -0.25) is 0 Å². The minimum atomic E-state index is -0.501. The van der Waals surface area contributed by atoms with Crippen LogP contribution in [0.1, 0.15) is 43.8 Å². The summed E-state index contributed by atoms with van der Waals surface area (Å²) in [6, 6.07) is 7.81. The molecule has 0 spiro atoms. The summed E-state index contributed by atoms with van der Waals surface area (Å²) >= 11 is 0. The van der Waals surface area contributed by atoms with Crippen LogP contribution in [-0.4, -0.2) is 36.8 Å². The summed E-state index contributed by atoms with van der Waals surface area (Å²) in [5, 5.41) is 11.0. The molecule has 2 rings (SSSR count). The molecular weight excluding hydrogens is 238 g/mol. The number of hydrogen-bond acceptors (Lipinski definition) is 3. The largest absolute Gasteiger partial charge is 0.496 e. The van der Waals surface area contributed by atoms with Crippen LogP contribution in [-0.2, 0) is 0 Å². The Morgan fingerprint density at radius 2 is 1.79 bits per heavy atom. The number of para-hydroxylation sites is 1. The van der Waals surface area contributed by atoms with E-state index in [1.54, 1.807) is 7.11 Å². The van der Waals surface area contributed by atoms with Crippen LogP contribution in [0.2, 0.25) is 0 Å². The first kappa shape index (κ1) is 14.4. The van der Waals surface area contributed by atoms with Crippen LogP contribution < -0.4 is 4.74 Å². The molecule has 1 N–H and O–H groups in total. The van der Waals surface area contributed by atoms with E-state index < -0.39 is 6.10 Å². The minimum Gasteiger partial charge on any atom is -0.496 e. The second kappa shape index (κ2) is 5.93. The summed E-state index contributed by atoms with van der Waals surface area (Å²) in [7, 11) is 5.81. The third-order valence-electron chi connectivity index (χ3n) is 4.55. The fourth-order valence-electron chi connectivity index (χ4n) is 3.31. The van der Waals surface area contributed by atoms with E-state index in [1.165, 1.54) is 19.3 Å². The molecule has 1 aromatic carbocycles. The highest BCUT2D eigenvalue weighted by molar-refractivity contribution is 5.37. The van der Waals surface area contributed by atoms with Gasteiger partial charge in [0.15, 0.2) is 0 Å². The van der Waals surface area contributed by atoms with Crippen molar-refractivity contribution in [2.45, 2.75) is 43.7 Å². The van der Waals surface area contributed by atoms with Crippen molar-refractivity contribution < 1.29 is 9.84 Å². The molecule has 1 fully saturated rings. The molecule has 0 bridgehead atoms. The van der Waals surface area contributed by atoms with Crippen LogP contribution in [0.4, 0.5) is 0 Å². The molecule has 1 aliphatic carbocycles. The van der Waals surface area contributed by atoms with Gasteiger partial charge in [0.25, 0.3) is 0 Å². The highest BCUT2D eigenvalue weighted by atomic mass is 16.5. The molecule has 0 heterocycles. The number of ether oxygens (including phenoxy) is 1. The van der Waals surface area contributed by atoms with Crippen LogP contribution >= 0.6 is 0 Å². The van der Waals surface area contributed by atoms with Crippen molar-refractivity contribution in [2.75, 3.05) is 21.2 Å². The Morgan fingerprint density at radius 3 is 2.37 bits per heavy atom. The zero-order chi connectivity index (χ0) is 13.9. The monoisotopic (exact) mass is 263 g/mol. The first-order valence-electron chi connectivity index (χ1n) is 7.10. The number of likely N-dealkylation sites (N-methyl/N-ethyl adjacent to an activating group) is 1. The molecule has 0 amide bonds. The van der Waals surface area contributed by atoms with Crippen molar-refractivity contribution >= 4 is 0 Å². The van der Waals surface area contributed by atoms with Gasteiger partial charge < -0.3 is 14.7 Å². The number of hydrogen-bond donors (Lipinski definition) is 1. The first-order valence-corrected chi connectivity index (χ1v) is 7.10. The van der Waals surface area contributed by atoms with E-state index in [-0.39, 0.29) is 5.54 Å². The maximum Gasteiger partial charge on any atom is 0.124 e. The van der Waals surface area contributed by atoms with Crippen LogP contribution in [0.3, 0.4) is 0 Å². The number of benzene rings is 1. The third-order valence-corrected chi connectivity index (χ3v) is 4.55. The first-order chi connectivity index (χ1) is 9.12. The van der Waals surface area contributed by atoms with Gasteiger partial charge in [0.2, 0.25) is 0 Å². The molecule has 19 heavy (non-hydrogen) atoms.